The van der Waals surface area contributed by atoms with Crippen molar-refractivity contribution in [2.75, 3.05) is 13.7 Å². The molecule has 2 saturated carbocycles. The molecule has 2 aromatic carbocycles. The fourth-order valence-electron chi connectivity index (χ4n) is 9.22. The average molecular weight is 623 g/mol. The molecule has 2 aromatic rings. The highest BCUT2D eigenvalue weighted by molar-refractivity contribution is 5.89. The van der Waals surface area contributed by atoms with Crippen LogP contribution in [0, 0.1) is 16.7 Å². The van der Waals surface area contributed by atoms with E-state index in [1.165, 1.54) is 0 Å². The first-order valence-corrected chi connectivity index (χ1v) is 15.6. The number of aliphatic hydroxyl groups excluding tert-OH is 2. The van der Waals surface area contributed by atoms with Crippen molar-refractivity contribution in [2.24, 2.45) is 16.7 Å². The van der Waals surface area contributed by atoms with Gasteiger partial charge in [-0.3, -0.25) is 0 Å². The first kappa shape index (κ1) is 30.8. The summed E-state index contributed by atoms with van der Waals surface area (Å²) in [6.07, 6.45) is -6.41. The van der Waals surface area contributed by atoms with E-state index in [2.05, 4.69) is 0 Å². The van der Waals surface area contributed by atoms with Gasteiger partial charge in [-0.15, -0.1) is 0 Å². The normalized spacial score (nSPS) is 42.1. The number of ether oxygens (including phenoxy) is 5. The minimum Gasteiger partial charge on any atom is -0.497 e. The number of carbonyl (C=O) groups is 1. The minimum atomic E-state index is -1.63. The van der Waals surface area contributed by atoms with E-state index in [-0.39, 0.29) is 13.0 Å². The summed E-state index contributed by atoms with van der Waals surface area (Å²) < 4.78 is 31.2. The van der Waals surface area contributed by atoms with Crippen LogP contribution in [0.15, 0.2) is 65.7 Å². The van der Waals surface area contributed by atoms with Crippen LogP contribution in [0.1, 0.15) is 62.7 Å². The molecule has 0 spiro atoms. The molecular weight excluding hydrogens is 580 g/mol. The molecule has 3 aliphatic carbocycles. The van der Waals surface area contributed by atoms with E-state index < -0.39 is 76.8 Å². The molecule has 2 aliphatic heterocycles. The van der Waals surface area contributed by atoms with Crippen LogP contribution in [-0.4, -0.2) is 87.9 Å². The molecule has 7 rings (SSSR count). The Balaban J connectivity index is 1.45. The zero-order valence-electron chi connectivity index (χ0n) is 26.2. The largest absolute Gasteiger partial charge is 0.497 e. The molecule has 2 saturated heterocycles. The SMILES string of the molecule is COc1ccc(C2O[C@H]3C[C@H]4OC[C@@]4(O)[C@H]4[C@H](OC(=O)c5ccccc5)[C@]5(C(C)(C)O)C[C@H](O)C(C)=C5[C@H](O)[C@H](O2)[C@]34C)cc1. The van der Waals surface area contributed by atoms with Gasteiger partial charge in [0.2, 0.25) is 0 Å². The lowest BCUT2D eigenvalue weighted by atomic mass is 9.49. The van der Waals surface area contributed by atoms with Gasteiger partial charge in [0.1, 0.15) is 23.6 Å². The fraction of sp³-hybridized carbons (Fsp3) is 0.571. The molecule has 2 heterocycles. The molecule has 11 atom stereocenters. The van der Waals surface area contributed by atoms with Crippen molar-refractivity contribution < 1.29 is 48.9 Å². The molecule has 4 N–H and O–H groups in total. The number of fused-ring (bicyclic) bond motifs is 3. The van der Waals surface area contributed by atoms with Gasteiger partial charge < -0.3 is 44.1 Å². The quantitative estimate of drug-likeness (QED) is 0.290. The van der Waals surface area contributed by atoms with Crippen LogP contribution >= 0.6 is 0 Å². The first-order valence-electron chi connectivity index (χ1n) is 15.6. The van der Waals surface area contributed by atoms with Gasteiger partial charge in [-0.25, -0.2) is 4.79 Å². The molecule has 10 nitrogen and oxygen atoms in total. The third kappa shape index (κ3) is 4.16. The number of hydrogen-bond acceptors (Lipinski definition) is 10. The minimum absolute atomic E-state index is 0.0305. The lowest BCUT2D eigenvalue weighted by molar-refractivity contribution is -0.401. The number of rotatable bonds is 5. The van der Waals surface area contributed by atoms with E-state index in [1.807, 2.05) is 19.1 Å². The van der Waals surface area contributed by atoms with Crippen LogP contribution in [-0.2, 0) is 18.9 Å². The number of carbonyl (C=O) groups excluding carboxylic acids is 1. The van der Waals surface area contributed by atoms with Crippen molar-refractivity contribution in [2.45, 2.75) is 94.7 Å². The lowest BCUT2D eigenvalue weighted by Crippen LogP contribution is -2.79. The number of methoxy groups -OCH3 is 1. The van der Waals surface area contributed by atoms with E-state index in [4.69, 9.17) is 23.7 Å². The predicted molar refractivity (Wildman–Crippen MR) is 160 cm³/mol. The first-order chi connectivity index (χ1) is 21.3. The highest BCUT2D eigenvalue weighted by Gasteiger charge is 2.79. The summed E-state index contributed by atoms with van der Waals surface area (Å²) >= 11 is 0. The number of esters is 1. The smallest absolute Gasteiger partial charge is 0.338 e. The van der Waals surface area contributed by atoms with E-state index in [9.17, 15) is 25.2 Å². The Labute approximate surface area is 262 Å². The summed E-state index contributed by atoms with van der Waals surface area (Å²) in [6, 6.07) is 15.8. The van der Waals surface area contributed by atoms with Crippen LogP contribution in [0.5, 0.6) is 5.75 Å². The summed E-state index contributed by atoms with van der Waals surface area (Å²) in [5, 5.41) is 48.6. The zero-order chi connectivity index (χ0) is 32.1. The number of aliphatic hydroxyl groups is 4. The van der Waals surface area contributed by atoms with Crippen LogP contribution in [0.25, 0.3) is 0 Å². The van der Waals surface area contributed by atoms with E-state index in [1.54, 1.807) is 70.3 Å². The third-order valence-corrected chi connectivity index (χ3v) is 11.6. The van der Waals surface area contributed by atoms with Crippen molar-refractivity contribution >= 4 is 5.97 Å². The molecule has 0 bridgehead atoms. The maximum atomic E-state index is 13.9. The molecule has 5 aliphatic rings. The Morgan fingerprint density at radius 2 is 1.71 bits per heavy atom. The van der Waals surface area contributed by atoms with Crippen molar-refractivity contribution in [3.63, 3.8) is 0 Å². The molecule has 242 valence electrons. The average Bonchev–Trinajstić information content (AvgIpc) is 3.26. The lowest BCUT2D eigenvalue weighted by Gasteiger charge is -2.66. The molecule has 4 fully saturated rings. The van der Waals surface area contributed by atoms with Crippen molar-refractivity contribution in [3.8, 4) is 5.75 Å². The van der Waals surface area contributed by atoms with Crippen LogP contribution in [0.2, 0.25) is 0 Å². The molecule has 1 unspecified atom stereocenters. The van der Waals surface area contributed by atoms with Crippen molar-refractivity contribution in [1.29, 1.82) is 0 Å². The molecular formula is C35H42O10. The summed E-state index contributed by atoms with van der Waals surface area (Å²) in [5.74, 6) is -0.901. The van der Waals surface area contributed by atoms with E-state index in [0.717, 1.165) is 0 Å². The highest BCUT2D eigenvalue weighted by atomic mass is 16.7. The molecule has 45 heavy (non-hydrogen) atoms. The number of benzene rings is 2. The van der Waals surface area contributed by atoms with E-state index in [0.29, 0.717) is 34.4 Å². The monoisotopic (exact) mass is 622 g/mol. The third-order valence-electron chi connectivity index (χ3n) is 11.6. The molecule has 10 heteroatoms. The Hall–Kier alpha value is -2.83. The van der Waals surface area contributed by atoms with E-state index >= 15 is 0 Å². The Morgan fingerprint density at radius 1 is 1.02 bits per heavy atom. The Bertz CT molecular complexity index is 1500. The van der Waals surface area contributed by atoms with Crippen molar-refractivity contribution in [1.82, 2.24) is 0 Å². The van der Waals surface area contributed by atoms with Crippen molar-refractivity contribution in [3.05, 3.63) is 76.9 Å². The second-order valence-corrected chi connectivity index (χ2v) is 14.1. The summed E-state index contributed by atoms with van der Waals surface area (Å²) in [6.45, 7) is 6.80. The standard InChI is InChI=1S/C35H42O10/c1-18-22(36)16-34(32(2,3)39)25(18)26(37)28-33(4)23(43-31(45-28)20-11-13-21(41-5)14-12-20)15-24-35(40,17-42-24)27(33)29(34)44-30(38)19-9-7-6-8-10-19/h6-14,22-24,26-29,31,36-37,39-40H,15-17H2,1-5H3/t22-,23-,24+,26-,27-,28-,29-,31?,33+,34-,35-/m0/s1. The second kappa shape index (κ2) is 10.3. The van der Waals surface area contributed by atoms with Crippen LogP contribution in [0.4, 0.5) is 0 Å². The molecule has 0 aromatic heterocycles. The fourth-order valence-corrected chi connectivity index (χ4v) is 9.22. The summed E-state index contributed by atoms with van der Waals surface area (Å²) in [7, 11) is 1.58. The maximum Gasteiger partial charge on any atom is 0.338 e. The Kier molecular flexibility index (Phi) is 7.08. The Morgan fingerprint density at radius 3 is 2.31 bits per heavy atom. The van der Waals surface area contributed by atoms with Gasteiger partial charge in [0.05, 0.1) is 54.7 Å². The second-order valence-electron chi connectivity index (χ2n) is 14.1. The maximum absolute atomic E-state index is 13.9. The van der Waals surface area contributed by atoms with Gasteiger partial charge >= 0.3 is 5.97 Å². The number of hydrogen-bond donors (Lipinski definition) is 4. The topological polar surface area (TPSA) is 144 Å². The zero-order valence-corrected chi connectivity index (χ0v) is 26.2. The molecule has 0 amide bonds. The van der Waals surface area contributed by atoms with Gasteiger partial charge in [-0.05, 0) is 62.6 Å². The highest BCUT2D eigenvalue weighted by Crippen LogP contribution is 2.69. The summed E-state index contributed by atoms with van der Waals surface area (Å²) in [4.78, 5) is 13.9. The summed E-state index contributed by atoms with van der Waals surface area (Å²) in [5.41, 5.74) is -3.90. The van der Waals surface area contributed by atoms with Crippen LogP contribution < -0.4 is 4.74 Å². The molecule has 0 radical (unpaired) electrons. The van der Waals surface area contributed by atoms with Gasteiger partial charge in [-0.1, -0.05) is 37.3 Å². The predicted octanol–water partition coefficient (Wildman–Crippen LogP) is 3.07. The van der Waals surface area contributed by atoms with Gasteiger partial charge in [0.25, 0.3) is 0 Å². The van der Waals surface area contributed by atoms with Gasteiger partial charge in [-0.2, -0.15) is 0 Å². The van der Waals surface area contributed by atoms with Gasteiger partial charge in [0.15, 0.2) is 6.29 Å². The van der Waals surface area contributed by atoms with Gasteiger partial charge in [0, 0.05) is 23.3 Å². The van der Waals surface area contributed by atoms with Crippen LogP contribution in [0.3, 0.4) is 0 Å².